The fraction of sp³-hybridized carbons (Fsp3) is 0.889. The van der Waals surface area contributed by atoms with Crippen LogP contribution in [0.2, 0.25) is 0 Å². The lowest BCUT2D eigenvalue weighted by molar-refractivity contribution is 0.0593. The Kier molecular flexibility index (Phi) is 1.94. The number of amides is 2. The first-order valence-corrected chi connectivity index (χ1v) is 4.86. The largest absolute Gasteiger partial charge is 0.336 e. The van der Waals surface area contributed by atoms with Crippen LogP contribution in [-0.2, 0) is 0 Å². The Bertz CT molecular complexity index is 254. The summed E-state index contributed by atoms with van der Waals surface area (Å²) in [5.41, 5.74) is 0. The molecule has 2 rings (SSSR count). The Morgan fingerprint density at radius 1 is 1.43 bits per heavy atom. The molecule has 2 aliphatic rings. The number of carbonyl (C=O) groups is 1. The van der Waals surface area contributed by atoms with Gasteiger partial charge in [0.2, 0.25) is 0 Å². The van der Waals surface area contributed by atoms with Crippen molar-refractivity contribution in [2.75, 3.05) is 13.1 Å². The summed E-state index contributed by atoms with van der Waals surface area (Å²) in [6, 6.07) is -0.164. The normalized spacial score (nSPS) is 33.1. The molecule has 1 saturated carbocycles. The molecule has 1 aliphatic heterocycles. The van der Waals surface area contributed by atoms with Gasteiger partial charge in [0, 0.05) is 19.1 Å². The Labute approximate surface area is 81.4 Å². The van der Waals surface area contributed by atoms with E-state index in [0.717, 1.165) is 0 Å². The van der Waals surface area contributed by atoms with Crippen molar-refractivity contribution in [3.05, 3.63) is 0 Å². The van der Waals surface area contributed by atoms with Gasteiger partial charge < -0.3 is 10.2 Å². The van der Waals surface area contributed by atoms with Gasteiger partial charge in [0.15, 0.2) is 0 Å². The van der Waals surface area contributed by atoms with Gasteiger partial charge >= 0.3 is 6.03 Å². The number of likely N-dealkylation sites (tertiary alicyclic amines) is 1. The van der Waals surface area contributed by atoms with Gasteiger partial charge in [-0.2, -0.15) is 0 Å². The number of rotatable bonds is 1. The summed E-state index contributed by atoms with van der Waals surface area (Å²) in [4.78, 5) is 12.9. The molecule has 3 nitrogen and oxygen atoms in total. The van der Waals surface area contributed by atoms with Crippen LogP contribution in [0.3, 0.4) is 0 Å². The fourth-order valence-corrected chi connectivity index (χ4v) is 2.01. The first-order chi connectivity index (χ1) is 6.43. The predicted molar refractivity (Wildman–Crippen MR) is 47.2 cm³/mol. The number of carbonyl (C=O) groups excluding carboxylic acids is 1. The fourth-order valence-electron chi connectivity index (χ4n) is 2.01. The third-order valence-corrected chi connectivity index (χ3v) is 2.90. The van der Waals surface area contributed by atoms with E-state index in [1.807, 2.05) is 13.8 Å². The third-order valence-electron chi connectivity index (χ3n) is 2.90. The van der Waals surface area contributed by atoms with E-state index in [2.05, 4.69) is 5.32 Å². The van der Waals surface area contributed by atoms with Crippen LogP contribution in [0.5, 0.6) is 0 Å². The van der Waals surface area contributed by atoms with Crippen molar-refractivity contribution in [2.45, 2.75) is 25.8 Å². The summed E-state index contributed by atoms with van der Waals surface area (Å²) >= 11 is 0. The highest BCUT2D eigenvalue weighted by molar-refractivity contribution is 5.75. The molecule has 1 aliphatic carbocycles. The maximum Gasteiger partial charge on any atom is 0.317 e. The monoisotopic (exact) mass is 204 g/mol. The van der Waals surface area contributed by atoms with Gasteiger partial charge in [0.1, 0.15) is 0 Å². The Hall–Kier alpha value is -0.870. The molecule has 0 aromatic rings. The number of hydrogen-bond donors (Lipinski definition) is 1. The van der Waals surface area contributed by atoms with E-state index >= 15 is 0 Å². The maximum atomic E-state index is 12.8. The minimum absolute atomic E-state index is 0.0555. The Morgan fingerprint density at radius 3 is 2.36 bits per heavy atom. The zero-order chi connectivity index (χ0) is 10.5. The SMILES string of the molecule is CC(C)NC(=O)N1CC2C(C1)C2(F)F. The number of fused-ring (bicyclic) bond motifs is 1. The molecule has 0 bridgehead atoms. The molecule has 2 amide bonds. The zero-order valence-electron chi connectivity index (χ0n) is 8.26. The topological polar surface area (TPSA) is 32.3 Å². The minimum Gasteiger partial charge on any atom is -0.336 e. The molecule has 80 valence electrons. The highest BCUT2D eigenvalue weighted by Gasteiger charge is 2.72. The van der Waals surface area contributed by atoms with Crippen LogP contribution >= 0.6 is 0 Å². The van der Waals surface area contributed by atoms with Crippen molar-refractivity contribution < 1.29 is 13.6 Å². The number of piperidine rings is 1. The standard InChI is InChI=1S/C9H14F2N2O/c1-5(2)12-8(14)13-3-6-7(4-13)9(6,10)11/h5-7H,3-4H2,1-2H3,(H,12,14). The van der Waals surface area contributed by atoms with Gasteiger partial charge in [-0.1, -0.05) is 0 Å². The van der Waals surface area contributed by atoms with Gasteiger partial charge in [-0.3, -0.25) is 0 Å². The second-order valence-corrected chi connectivity index (χ2v) is 4.40. The molecule has 5 heteroatoms. The van der Waals surface area contributed by atoms with Crippen LogP contribution in [0.25, 0.3) is 0 Å². The van der Waals surface area contributed by atoms with Gasteiger partial charge in [0.25, 0.3) is 5.92 Å². The number of nitrogens with zero attached hydrogens (tertiary/aromatic N) is 1. The van der Waals surface area contributed by atoms with Crippen LogP contribution < -0.4 is 5.32 Å². The average Bonchev–Trinajstić information content (AvgIpc) is 2.50. The van der Waals surface area contributed by atoms with Crippen LogP contribution in [0.4, 0.5) is 13.6 Å². The zero-order valence-corrected chi connectivity index (χ0v) is 8.26. The van der Waals surface area contributed by atoms with Crippen molar-refractivity contribution in [1.29, 1.82) is 0 Å². The van der Waals surface area contributed by atoms with Crippen molar-refractivity contribution in [1.82, 2.24) is 10.2 Å². The van der Waals surface area contributed by atoms with E-state index in [1.165, 1.54) is 4.90 Å². The molecule has 0 aromatic heterocycles. The molecular formula is C9H14F2N2O. The molecule has 1 heterocycles. The van der Waals surface area contributed by atoms with Crippen LogP contribution in [-0.4, -0.2) is 36.0 Å². The van der Waals surface area contributed by atoms with Crippen LogP contribution in [0.1, 0.15) is 13.8 Å². The molecule has 0 spiro atoms. The number of halogens is 2. The summed E-state index contributed by atoms with van der Waals surface area (Å²) < 4.78 is 25.6. The van der Waals surface area contributed by atoms with E-state index in [1.54, 1.807) is 0 Å². The summed E-state index contributed by atoms with van der Waals surface area (Å²) in [6.07, 6.45) is 0. The van der Waals surface area contributed by atoms with Gasteiger partial charge in [-0.25, -0.2) is 13.6 Å². The first-order valence-electron chi connectivity index (χ1n) is 4.86. The summed E-state index contributed by atoms with van der Waals surface area (Å²) in [5.74, 6) is -3.67. The average molecular weight is 204 g/mol. The Balaban J connectivity index is 1.85. The molecular weight excluding hydrogens is 190 g/mol. The highest BCUT2D eigenvalue weighted by atomic mass is 19.3. The lowest BCUT2D eigenvalue weighted by Crippen LogP contribution is -2.43. The quantitative estimate of drug-likeness (QED) is 0.686. The number of alkyl halides is 2. The van der Waals surface area contributed by atoms with Crippen molar-refractivity contribution in [3.8, 4) is 0 Å². The molecule has 2 atom stereocenters. The molecule has 0 aromatic carbocycles. The summed E-state index contributed by atoms with van der Waals surface area (Å²) in [6.45, 7) is 4.11. The van der Waals surface area contributed by atoms with Gasteiger partial charge in [0.05, 0.1) is 11.8 Å². The molecule has 14 heavy (non-hydrogen) atoms. The summed E-state index contributed by atoms with van der Waals surface area (Å²) in [5, 5.41) is 2.70. The smallest absolute Gasteiger partial charge is 0.317 e. The highest BCUT2D eigenvalue weighted by Crippen LogP contribution is 2.59. The lowest BCUT2D eigenvalue weighted by Gasteiger charge is -2.21. The lowest BCUT2D eigenvalue weighted by atomic mass is 10.4. The van der Waals surface area contributed by atoms with Crippen LogP contribution in [0, 0.1) is 11.8 Å². The van der Waals surface area contributed by atoms with E-state index < -0.39 is 17.8 Å². The van der Waals surface area contributed by atoms with Gasteiger partial charge in [-0.15, -0.1) is 0 Å². The molecule has 1 saturated heterocycles. The molecule has 1 N–H and O–H groups in total. The minimum atomic E-state index is -2.51. The molecule has 0 radical (unpaired) electrons. The summed E-state index contributed by atoms with van der Waals surface area (Å²) in [7, 11) is 0. The molecule has 2 unspecified atom stereocenters. The number of urea groups is 1. The van der Waals surface area contributed by atoms with E-state index in [-0.39, 0.29) is 25.2 Å². The maximum absolute atomic E-state index is 12.8. The van der Waals surface area contributed by atoms with E-state index in [0.29, 0.717) is 0 Å². The van der Waals surface area contributed by atoms with E-state index in [4.69, 9.17) is 0 Å². The van der Waals surface area contributed by atoms with Crippen LogP contribution in [0.15, 0.2) is 0 Å². The van der Waals surface area contributed by atoms with Crippen molar-refractivity contribution in [3.63, 3.8) is 0 Å². The Morgan fingerprint density at radius 2 is 1.93 bits per heavy atom. The second-order valence-electron chi connectivity index (χ2n) is 4.40. The predicted octanol–water partition coefficient (Wildman–Crippen LogP) is 1.30. The molecule has 2 fully saturated rings. The van der Waals surface area contributed by atoms with Gasteiger partial charge in [-0.05, 0) is 13.8 Å². The van der Waals surface area contributed by atoms with E-state index in [9.17, 15) is 13.6 Å². The first kappa shape index (κ1) is 9.68. The third kappa shape index (κ3) is 1.35. The van der Waals surface area contributed by atoms with Crippen molar-refractivity contribution in [2.24, 2.45) is 11.8 Å². The number of nitrogens with one attached hydrogen (secondary N) is 1. The second kappa shape index (κ2) is 2.81. The van der Waals surface area contributed by atoms with Crippen molar-refractivity contribution >= 4 is 6.03 Å². The number of hydrogen-bond acceptors (Lipinski definition) is 1.